The Hall–Kier alpha value is -0.860. The molecule has 0 heterocycles. The van der Waals surface area contributed by atoms with Gasteiger partial charge in [0.1, 0.15) is 5.78 Å². The molecule has 1 aliphatic rings. The normalized spacial score (nSPS) is 20.2. The van der Waals surface area contributed by atoms with Crippen LogP contribution in [0.4, 0.5) is 0 Å². The standard InChI is InChI=1S/C9H14O3/c1-2-3-4-9(8(11)12)5-7(10)6-9/h2-6H2,1H3,(H,11,12). The highest BCUT2D eigenvalue weighted by atomic mass is 16.4. The lowest BCUT2D eigenvalue weighted by Crippen LogP contribution is -2.44. The molecule has 12 heavy (non-hydrogen) atoms. The predicted molar refractivity (Wildman–Crippen MR) is 43.8 cm³/mol. The van der Waals surface area contributed by atoms with E-state index in [0.717, 1.165) is 12.8 Å². The summed E-state index contributed by atoms with van der Waals surface area (Å²) in [7, 11) is 0. The van der Waals surface area contributed by atoms with E-state index in [2.05, 4.69) is 0 Å². The molecule has 0 saturated heterocycles. The van der Waals surface area contributed by atoms with Gasteiger partial charge in [-0.1, -0.05) is 19.8 Å². The second-order valence-corrected chi connectivity index (χ2v) is 3.58. The van der Waals surface area contributed by atoms with Gasteiger partial charge in [-0.05, 0) is 6.42 Å². The zero-order valence-electron chi connectivity index (χ0n) is 7.30. The van der Waals surface area contributed by atoms with Crippen molar-refractivity contribution < 1.29 is 14.7 Å². The number of hydrogen-bond donors (Lipinski definition) is 1. The minimum Gasteiger partial charge on any atom is -0.481 e. The van der Waals surface area contributed by atoms with Crippen LogP contribution in [0.5, 0.6) is 0 Å². The number of carbonyl (C=O) groups excluding carboxylic acids is 1. The number of carboxylic acids is 1. The molecular weight excluding hydrogens is 156 g/mol. The molecular formula is C9H14O3. The lowest BCUT2D eigenvalue weighted by molar-refractivity contribution is -0.161. The molecule has 0 unspecified atom stereocenters. The monoisotopic (exact) mass is 170 g/mol. The smallest absolute Gasteiger partial charge is 0.310 e. The maximum Gasteiger partial charge on any atom is 0.310 e. The number of rotatable bonds is 4. The van der Waals surface area contributed by atoms with Crippen molar-refractivity contribution in [2.75, 3.05) is 0 Å². The van der Waals surface area contributed by atoms with E-state index in [4.69, 9.17) is 5.11 Å². The summed E-state index contributed by atoms with van der Waals surface area (Å²) in [6, 6.07) is 0. The first-order chi connectivity index (χ1) is 5.60. The van der Waals surface area contributed by atoms with Gasteiger partial charge < -0.3 is 5.11 Å². The minimum atomic E-state index is -0.796. The number of ketones is 1. The molecule has 0 atom stereocenters. The van der Waals surface area contributed by atoms with Crippen LogP contribution in [0, 0.1) is 5.41 Å². The van der Waals surface area contributed by atoms with E-state index < -0.39 is 11.4 Å². The second kappa shape index (κ2) is 3.25. The van der Waals surface area contributed by atoms with Gasteiger partial charge in [0.15, 0.2) is 0 Å². The molecule has 0 radical (unpaired) electrons. The summed E-state index contributed by atoms with van der Waals surface area (Å²) in [6.45, 7) is 2.02. The number of unbranched alkanes of at least 4 members (excludes halogenated alkanes) is 1. The lowest BCUT2D eigenvalue weighted by atomic mass is 9.65. The van der Waals surface area contributed by atoms with Gasteiger partial charge in [0.05, 0.1) is 5.41 Å². The maximum absolute atomic E-state index is 10.8. The fourth-order valence-corrected chi connectivity index (χ4v) is 1.65. The lowest BCUT2D eigenvalue weighted by Gasteiger charge is -2.36. The van der Waals surface area contributed by atoms with Crippen molar-refractivity contribution >= 4 is 11.8 Å². The Labute approximate surface area is 71.8 Å². The van der Waals surface area contributed by atoms with Crippen LogP contribution in [0.1, 0.15) is 39.0 Å². The molecule has 68 valence electrons. The number of aliphatic carboxylic acids is 1. The van der Waals surface area contributed by atoms with Crippen LogP contribution in [-0.2, 0) is 9.59 Å². The Bertz CT molecular complexity index is 200. The average molecular weight is 170 g/mol. The third-order valence-corrected chi connectivity index (χ3v) is 2.53. The van der Waals surface area contributed by atoms with Crippen LogP contribution in [0.3, 0.4) is 0 Å². The van der Waals surface area contributed by atoms with Crippen molar-refractivity contribution in [1.29, 1.82) is 0 Å². The van der Waals surface area contributed by atoms with E-state index in [0.29, 0.717) is 6.42 Å². The van der Waals surface area contributed by atoms with Crippen molar-refractivity contribution in [2.24, 2.45) is 5.41 Å². The van der Waals surface area contributed by atoms with E-state index in [1.165, 1.54) is 0 Å². The van der Waals surface area contributed by atoms with Crippen molar-refractivity contribution in [3.8, 4) is 0 Å². The summed E-state index contributed by atoms with van der Waals surface area (Å²) < 4.78 is 0. The second-order valence-electron chi connectivity index (χ2n) is 3.58. The van der Waals surface area contributed by atoms with Gasteiger partial charge in [0.2, 0.25) is 0 Å². The maximum atomic E-state index is 10.8. The molecule has 0 aromatic heterocycles. The molecule has 0 aliphatic heterocycles. The third kappa shape index (κ3) is 1.49. The van der Waals surface area contributed by atoms with Gasteiger partial charge in [-0.3, -0.25) is 9.59 Å². The Morgan fingerprint density at radius 2 is 2.17 bits per heavy atom. The van der Waals surface area contributed by atoms with Gasteiger partial charge in [0.25, 0.3) is 0 Å². The highest BCUT2D eigenvalue weighted by Crippen LogP contribution is 2.42. The van der Waals surface area contributed by atoms with E-state index in [-0.39, 0.29) is 18.6 Å². The van der Waals surface area contributed by atoms with Gasteiger partial charge in [0, 0.05) is 12.8 Å². The summed E-state index contributed by atoms with van der Waals surface area (Å²) in [5, 5.41) is 8.88. The van der Waals surface area contributed by atoms with Gasteiger partial charge in [-0.15, -0.1) is 0 Å². The Kier molecular flexibility index (Phi) is 2.50. The Morgan fingerprint density at radius 1 is 1.58 bits per heavy atom. The molecule has 0 aromatic rings. The fourth-order valence-electron chi connectivity index (χ4n) is 1.65. The van der Waals surface area contributed by atoms with Crippen molar-refractivity contribution in [3.05, 3.63) is 0 Å². The first-order valence-corrected chi connectivity index (χ1v) is 4.36. The molecule has 1 saturated carbocycles. The van der Waals surface area contributed by atoms with Crippen LogP contribution in [0.15, 0.2) is 0 Å². The van der Waals surface area contributed by atoms with Crippen LogP contribution >= 0.6 is 0 Å². The Morgan fingerprint density at radius 3 is 2.50 bits per heavy atom. The number of hydrogen-bond acceptors (Lipinski definition) is 2. The first kappa shape index (κ1) is 9.23. The quantitative estimate of drug-likeness (QED) is 0.697. The predicted octanol–water partition coefficient (Wildman–Crippen LogP) is 1.61. The SMILES string of the molecule is CCCCC1(C(=O)O)CC(=O)C1. The zero-order chi connectivity index (χ0) is 9.19. The van der Waals surface area contributed by atoms with Crippen LogP contribution in [-0.4, -0.2) is 16.9 Å². The summed E-state index contributed by atoms with van der Waals surface area (Å²) in [5.74, 6) is -0.705. The van der Waals surface area contributed by atoms with Crippen molar-refractivity contribution in [1.82, 2.24) is 0 Å². The highest BCUT2D eigenvalue weighted by molar-refractivity contribution is 5.96. The fraction of sp³-hybridized carbons (Fsp3) is 0.778. The van der Waals surface area contributed by atoms with E-state index in [1.54, 1.807) is 0 Å². The topological polar surface area (TPSA) is 54.4 Å². The summed E-state index contributed by atoms with van der Waals surface area (Å²) >= 11 is 0. The van der Waals surface area contributed by atoms with E-state index in [1.807, 2.05) is 6.92 Å². The third-order valence-electron chi connectivity index (χ3n) is 2.53. The molecule has 0 spiro atoms. The highest BCUT2D eigenvalue weighted by Gasteiger charge is 2.49. The molecule has 1 N–H and O–H groups in total. The molecule has 3 nitrogen and oxygen atoms in total. The van der Waals surface area contributed by atoms with Gasteiger partial charge in [-0.2, -0.15) is 0 Å². The first-order valence-electron chi connectivity index (χ1n) is 4.36. The molecule has 1 aliphatic carbocycles. The number of carboxylic acid groups (broad SMARTS) is 1. The number of Topliss-reactive ketones (excluding diaryl/α,β-unsaturated/α-hetero) is 1. The average Bonchev–Trinajstić information content (AvgIpc) is 1.95. The summed E-state index contributed by atoms with van der Waals surface area (Å²) in [6.07, 6.45) is 3.05. The van der Waals surface area contributed by atoms with Crippen LogP contribution in [0.25, 0.3) is 0 Å². The van der Waals surface area contributed by atoms with Crippen LogP contribution in [0.2, 0.25) is 0 Å². The molecule has 3 heteroatoms. The largest absolute Gasteiger partial charge is 0.481 e. The zero-order valence-corrected chi connectivity index (χ0v) is 7.30. The van der Waals surface area contributed by atoms with Crippen molar-refractivity contribution in [2.45, 2.75) is 39.0 Å². The molecule has 0 aromatic carbocycles. The van der Waals surface area contributed by atoms with Crippen molar-refractivity contribution in [3.63, 3.8) is 0 Å². The summed E-state index contributed by atoms with van der Waals surface area (Å²) in [4.78, 5) is 21.5. The van der Waals surface area contributed by atoms with Gasteiger partial charge in [-0.25, -0.2) is 0 Å². The van der Waals surface area contributed by atoms with E-state index in [9.17, 15) is 9.59 Å². The molecule has 0 amide bonds. The molecule has 1 fully saturated rings. The van der Waals surface area contributed by atoms with Crippen LogP contribution < -0.4 is 0 Å². The number of carbonyl (C=O) groups is 2. The summed E-state index contributed by atoms with van der Waals surface area (Å²) in [5.41, 5.74) is -0.687. The molecule has 0 bridgehead atoms. The minimum absolute atomic E-state index is 0.0912. The van der Waals surface area contributed by atoms with E-state index >= 15 is 0 Å². The Balaban J connectivity index is 2.51. The molecule has 1 rings (SSSR count). The van der Waals surface area contributed by atoms with Gasteiger partial charge >= 0.3 is 5.97 Å².